The van der Waals surface area contributed by atoms with Crippen LogP contribution in [-0.2, 0) is 0 Å². The summed E-state index contributed by atoms with van der Waals surface area (Å²) in [6.07, 6.45) is 4.73. The average Bonchev–Trinajstić information content (AvgIpc) is 2.46. The van der Waals surface area contributed by atoms with Gasteiger partial charge in [-0.25, -0.2) is 0 Å². The number of rotatable bonds is 4. The molecule has 1 aromatic carbocycles. The first-order valence-electron chi connectivity index (χ1n) is 7.02. The molecule has 106 valence electrons. The molecule has 0 spiro atoms. The van der Waals surface area contributed by atoms with Gasteiger partial charge in [0.15, 0.2) is 0 Å². The number of non-ortho nitro benzene ring substituents is 1. The van der Waals surface area contributed by atoms with E-state index in [2.05, 4.69) is 18.3 Å². The summed E-state index contributed by atoms with van der Waals surface area (Å²) in [7, 11) is 0. The molecule has 3 unspecified atom stereocenters. The zero-order valence-electron chi connectivity index (χ0n) is 11.6. The number of hydrogen-bond donors (Lipinski definition) is 1. The highest BCUT2D eigenvalue weighted by atomic mass is 16.6. The van der Waals surface area contributed by atoms with Crippen LogP contribution < -0.4 is 5.32 Å². The average molecular weight is 273 g/mol. The second-order valence-electron chi connectivity index (χ2n) is 5.45. The Balaban J connectivity index is 2.08. The molecule has 1 aliphatic carbocycles. The minimum Gasteiger partial charge on any atom is -0.295 e. The summed E-state index contributed by atoms with van der Waals surface area (Å²) in [4.78, 5) is 10.2. The minimum absolute atomic E-state index is 0.0523. The summed E-state index contributed by atoms with van der Waals surface area (Å²) in [5.74, 6) is 0.567. The zero-order valence-corrected chi connectivity index (χ0v) is 11.6. The standard InChI is InChI=1S/C15H19N3O2/c1-11-4-2-3-5-14(11)17-15(10-16)12-6-8-13(9-7-12)18(19)20/h6-9,11,14-15,17H,2-5H2,1H3. The topological polar surface area (TPSA) is 79.0 Å². The van der Waals surface area contributed by atoms with Crippen LogP contribution in [0, 0.1) is 27.4 Å². The number of nitrogens with zero attached hydrogens (tertiary/aromatic N) is 2. The molecule has 5 nitrogen and oxygen atoms in total. The Bertz CT molecular complexity index is 507. The summed E-state index contributed by atoms with van der Waals surface area (Å²) >= 11 is 0. The van der Waals surface area contributed by atoms with E-state index >= 15 is 0 Å². The summed E-state index contributed by atoms with van der Waals surface area (Å²) < 4.78 is 0. The Morgan fingerprint density at radius 1 is 1.35 bits per heavy atom. The monoisotopic (exact) mass is 273 g/mol. The van der Waals surface area contributed by atoms with Gasteiger partial charge in [0.25, 0.3) is 5.69 Å². The quantitative estimate of drug-likeness (QED) is 0.674. The number of benzene rings is 1. The van der Waals surface area contributed by atoms with Gasteiger partial charge in [0.1, 0.15) is 6.04 Å². The number of nitro benzene ring substituents is 1. The van der Waals surface area contributed by atoms with E-state index in [4.69, 9.17) is 0 Å². The summed E-state index contributed by atoms with van der Waals surface area (Å²) in [6.45, 7) is 2.21. The van der Waals surface area contributed by atoms with Crippen molar-refractivity contribution in [3.8, 4) is 6.07 Å². The highest BCUT2D eigenvalue weighted by Crippen LogP contribution is 2.26. The van der Waals surface area contributed by atoms with E-state index in [0.717, 1.165) is 12.0 Å². The maximum atomic E-state index is 10.6. The molecule has 1 aromatic rings. The number of nitriles is 1. The number of nitro groups is 1. The summed E-state index contributed by atoms with van der Waals surface area (Å²) in [6, 6.07) is 8.42. The number of hydrogen-bond acceptors (Lipinski definition) is 4. The van der Waals surface area contributed by atoms with Gasteiger partial charge >= 0.3 is 0 Å². The fourth-order valence-electron chi connectivity index (χ4n) is 2.77. The second kappa shape index (κ2) is 6.49. The molecule has 0 bridgehead atoms. The predicted octanol–water partition coefficient (Wildman–Crippen LogP) is 3.33. The van der Waals surface area contributed by atoms with Crippen molar-refractivity contribution < 1.29 is 4.92 Å². The summed E-state index contributed by atoms with van der Waals surface area (Å²) in [5, 5.41) is 23.4. The van der Waals surface area contributed by atoms with Gasteiger partial charge in [-0.2, -0.15) is 5.26 Å². The third-order valence-corrected chi connectivity index (χ3v) is 4.06. The molecular formula is C15H19N3O2. The van der Waals surface area contributed by atoms with Gasteiger partial charge in [-0.1, -0.05) is 19.8 Å². The molecule has 0 aromatic heterocycles. The van der Waals surface area contributed by atoms with E-state index in [1.165, 1.54) is 31.4 Å². The van der Waals surface area contributed by atoms with Crippen LogP contribution >= 0.6 is 0 Å². The van der Waals surface area contributed by atoms with Crippen molar-refractivity contribution in [2.75, 3.05) is 0 Å². The minimum atomic E-state index is -0.429. The molecule has 0 amide bonds. The van der Waals surface area contributed by atoms with Crippen LogP contribution in [0.25, 0.3) is 0 Å². The van der Waals surface area contributed by atoms with Gasteiger partial charge in [0, 0.05) is 18.2 Å². The smallest absolute Gasteiger partial charge is 0.269 e. The van der Waals surface area contributed by atoms with Crippen LogP contribution in [-0.4, -0.2) is 11.0 Å². The highest BCUT2D eigenvalue weighted by molar-refractivity contribution is 5.35. The lowest BCUT2D eigenvalue weighted by Crippen LogP contribution is -2.39. The molecule has 20 heavy (non-hydrogen) atoms. The van der Waals surface area contributed by atoms with Crippen LogP contribution in [0.2, 0.25) is 0 Å². The predicted molar refractivity (Wildman–Crippen MR) is 76.0 cm³/mol. The first kappa shape index (κ1) is 14.5. The number of nitrogens with one attached hydrogen (secondary N) is 1. The summed E-state index contributed by atoms with van der Waals surface area (Å²) in [5.41, 5.74) is 0.840. The third-order valence-electron chi connectivity index (χ3n) is 4.06. The van der Waals surface area contributed by atoms with Crippen LogP contribution in [0.3, 0.4) is 0 Å². The van der Waals surface area contributed by atoms with E-state index in [1.54, 1.807) is 12.1 Å². The maximum absolute atomic E-state index is 10.6. The Morgan fingerprint density at radius 2 is 2.00 bits per heavy atom. The first-order valence-corrected chi connectivity index (χ1v) is 7.02. The Kier molecular flexibility index (Phi) is 4.70. The largest absolute Gasteiger partial charge is 0.295 e. The van der Waals surface area contributed by atoms with E-state index in [1.807, 2.05) is 0 Å². The molecule has 3 atom stereocenters. The van der Waals surface area contributed by atoms with E-state index in [0.29, 0.717) is 12.0 Å². The Labute approximate surface area is 118 Å². The molecule has 0 heterocycles. The second-order valence-corrected chi connectivity index (χ2v) is 5.45. The molecule has 5 heteroatoms. The lowest BCUT2D eigenvalue weighted by molar-refractivity contribution is -0.384. The van der Waals surface area contributed by atoms with Gasteiger partial charge in [-0.05, 0) is 36.5 Å². The van der Waals surface area contributed by atoms with E-state index < -0.39 is 11.0 Å². The zero-order chi connectivity index (χ0) is 14.5. The van der Waals surface area contributed by atoms with Gasteiger partial charge in [0.05, 0.1) is 11.0 Å². The molecule has 0 saturated heterocycles. The van der Waals surface area contributed by atoms with Crippen LogP contribution in [0.15, 0.2) is 24.3 Å². The SMILES string of the molecule is CC1CCCCC1NC(C#N)c1ccc([N+](=O)[O-])cc1. The molecule has 0 radical (unpaired) electrons. The van der Waals surface area contributed by atoms with Gasteiger partial charge < -0.3 is 0 Å². The molecular weight excluding hydrogens is 254 g/mol. The molecule has 1 saturated carbocycles. The van der Waals surface area contributed by atoms with Crippen molar-refractivity contribution in [2.24, 2.45) is 5.92 Å². The normalized spacial score (nSPS) is 23.8. The van der Waals surface area contributed by atoms with E-state index in [-0.39, 0.29) is 5.69 Å². The third kappa shape index (κ3) is 3.34. The molecule has 2 rings (SSSR count). The molecule has 0 aliphatic heterocycles. The molecule has 1 aliphatic rings. The fourth-order valence-corrected chi connectivity index (χ4v) is 2.77. The van der Waals surface area contributed by atoms with Gasteiger partial charge in [0.2, 0.25) is 0 Å². The maximum Gasteiger partial charge on any atom is 0.269 e. The Morgan fingerprint density at radius 3 is 2.55 bits per heavy atom. The van der Waals surface area contributed by atoms with Crippen molar-refractivity contribution >= 4 is 5.69 Å². The van der Waals surface area contributed by atoms with Crippen molar-refractivity contribution in [3.05, 3.63) is 39.9 Å². The van der Waals surface area contributed by atoms with Gasteiger partial charge in [-0.3, -0.25) is 15.4 Å². The van der Waals surface area contributed by atoms with E-state index in [9.17, 15) is 15.4 Å². The van der Waals surface area contributed by atoms with Crippen LogP contribution in [0.1, 0.15) is 44.2 Å². The van der Waals surface area contributed by atoms with Crippen molar-refractivity contribution in [3.63, 3.8) is 0 Å². The lowest BCUT2D eigenvalue weighted by Gasteiger charge is -2.31. The van der Waals surface area contributed by atoms with Gasteiger partial charge in [-0.15, -0.1) is 0 Å². The lowest BCUT2D eigenvalue weighted by atomic mass is 9.85. The highest BCUT2D eigenvalue weighted by Gasteiger charge is 2.24. The first-order chi connectivity index (χ1) is 9.61. The van der Waals surface area contributed by atoms with Crippen molar-refractivity contribution in [2.45, 2.75) is 44.7 Å². The molecule has 1 fully saturated rings. The molecule has 1 N–H and O–H groups in total. The van der Waals surface area contributed by atoms with Crippen LogP contribution in [0.4, 0.5) is 5.69 Å². The van der Waals surface area contributed by atoms with Crippen molar-refractivity contribution in [1.29, 1.82) is 5.26 Å². The Hall–Kier alpha value is -1.93. The van der Waals surface area contributed by atoms with Crippen molar-refractivity contribution in [1.82, 2.24) is 5.32 Å². The fraction of sp³-hybridized carbons (Fsp3) is 0.533. The van der Waals surface area contributed by atoms with Crippen LogP contribution in [0.5, 0.6) is 0 Å².